The Hall–Kier alpha value is -1.18. The summed E-state index contributed by atoms with van der Waals surface area (Å²) in [7, 11) is 0. The van der Waals surface area contributed by atoms with Crippen molar-refractivity contribution in [2.24, 2.45) is 0 Å². The van der Waals surface area contributed by atoms with Crippen LogP contribution in [0.3, 0.4) is 0 Å². The van der Waals surface area contributed by atoms with Gasteiger partial charge in [0.2, 0.25) is 5.28 Å². The predicted octanol–water partition coefficient (Wildman–Crippen LogP) is 4.98. The Morgan fingerprint density at radius 3 is 2.91 bits per heavy atom. The van der Waals surface area contributed by atoms with E-state index in [9.17, 15) is 3.89 Å². The quantitative estimate of drug-likeness (QED) is 0.606. The highest BCUT2D eigenvalue weighted by Gasteiger charge is 2.52. The molecule has 0 bridgehead atoms. The molecule has 2 aromatic rings. The van der Waals surface area contributed by atoms with E-state index in [1.54, 1.807) is 11.9 Å². The summed E-state index contributed by atoms with van der Waals surface area (Å²) in [4.78, 5) is 8.27. The number of hydrogen-bond donors (Lipinski definition) is 1. The van der Waals surface area contributed by atoms with Crippen molar-refractivity contribution in [3.05, 3.63) is 35.2 Å². The molecule has 1 aliphatic heterocycles. The molecule has 1 fully saturated rings. The third kappa shape index (κ3) is 2.55. The summed E-state index contributed by atoms with van der Waals surface area (Å²) < 4.78 is 15.4. The maximum Gasteiger partial charge on any atom is 0.224 e. The van der Waals surface area contributed by atoms with E-state index in [1.165, 1.54) is 30.3 Å². The minimum Gasteiger partial charge on any atom is -0.337 e. The molecule has 4 nitrogen and oxygen atoms in total. The molecule has 0 unspecified atom stereocenters. The fourth-order valence-electron chi connectivity index (χ4n) is 3.14. The van der Waals surface area contributed by atoms with Gasteiger partial charge in [-0.05, 0) is 36.1 Å². The fourth-order valence-corrected chi connectivity index (χ4v) is 4.29. The van der Waals surface area contributed by atoms with Gasteiger partial charge in [-0.25, -0.2) is 4.98 Å². The number of halogens is 2. The Morgan fingerprint density at radius 2 is 2.22 bits per heavy atom. The number of fused-ring (bicyclic) bond motifs is 2. The van der Waals surface area contributed by atoms with Gasteiger partial charge in [0.25, 0.3) is 0 Å². The lowest BCUT2D eigenvalue weighted by molar-refractivity contribution is 0.760. The molecule has 2 heterocycles. The molecule has 8 heteroatoms. The highest BCUT2D eigenvalue weighted by atomic mass is 35.5. The van der Waals surface area contributed by atoms with Gasteiger partial charge in [-0.2, -0.15) is 8.87 Å². The number of rotatable bonds is 4. The van der Waals surface area contributed by atoms with Crippen LogP contribution < -0.4 is 9.62 Å². The Kier molecular flexibility index (Phi) is 3.82. The van der Waals surface area contributed by atoms with Gasteiger partial charge in [-0.15, -0.1) is 0 Å². The normalized spacial score (nSPS) is 17.4. The van der Waals surface area contributed by atoms with Gasteiger partial charge in [-0.3, -0.25) is 0 Å². The molecule has 1 N–H and O–H groups in total. The molecular weight excluding hydrogens is 355 g/mol. The van der Waals surface area contributed by atoms with Crippen molar-refractivity contribution < 1.29 is 3.89 Å². The minimum atomic E-state index is 0.0956. The minimum absolute atomic E-state index is 0.0956. The first-order chi connectivity index (χ1) is 11.2. The van der Waals surface area contributed by atoms with Gasteiger partial charge < -0.3 is 9.62 Å². The van der Waals surface area contributed by atoms with Crippen LogP contribution in [0.15, 0.2) is 29.3 Å². The summed E-state index contributed by atoms with van der Waals surface area (Å²) in [6.07, 6.45) is 5.92. The fraction of sp³-hybridized carbons (Fsp3) is 0.333. The SMILES string of the molecule is CSN1CC2(CC2)c2cccc(Nc3nc(Cl)ncc3SF)c21. The van der Waals surface area contributed by atoms with Crippen molar-refractivity contribution >= 4 is 52.9 Å². The number of benzene rings is 1. The van der Waals surface area contributed by atoms with Gasteiger partial charge in [-0.1, -0.05) is 24.1 Å². The van der Waals surface area contributed by atoms with Crippen LogP contribution in [0.4, 0.5) is 21.1 Å². The van der Waals surface area contributed by atoms with Crippen LogP contribution in [-0.2, 0) is 5.41 Å². The van der Waals surface area contributed by atoms with Crippen LogP contribution in [0.1, 0.15) is 18.4 Å². The van der Waals surface area contributed by atoms with E-state index >= 15 is 0 Å². The molecule has 1 aromatic heterocycles. The van der Waals surface area contributed by atoms with E-state index in [4.69, 9.17) is 11.6 Å². The Labute approximate surface area is 147 Å². The van der Waals surface area contributed by atoms with E-state index in [0.717, 1.165) is 12.2 Å². The van der Waals surface area contributed by atoms with E-state index in [-0.39, 0.29) is 17.4 Å². The van der Waals surface area contributed by atoms with Crippen LogP contribution in [-0.4, -0.2) is 22.8 Å². The molecule has 2 aliphatic rings. The summed E-state index contributed by atoms with van der Waals surface area (Å²) in [6, 6.07) is 6.23. The molecule has 1 aliphatic carbocycles. The van der Waals surface area contributed by atoms with Crippen molar-refractivity contribution in [1.29, 1.82) is 0 Å². The number of aromatic nitrogens is 2. The molecule has 1 saturated carbocycles. The second-order valence-corrected chi connectivity index (χ2v) is 7.49. The molecule has 1 spiro atoms. The van der Waals surface area contributed by atoms with Crippen molar-refractivity contribution in [2.75, 3.05) is 22.4 Å². The van der Waals surface area contributed by atoms with Gasteiger partial charge in [0.15, 0.2) is 5.82 Å². The summed E-state index contributed by atoms with van der Waals surface area (Å²) in [5.41, 5.74) is 3.76. The second kappa shape index (κ2) is 5.72. The zero-order chi connectivity index (χ0) is 16.0. The molecule has 4 rings (SSSR count). The lowest BCUT2D eigenvalue weighted by atomic mass is 9.98. The summed E-state index contributed by atoms with van der Waals surface area (Å²) in [5.74, 6) is 0.392. The largest absolute Gasteiger partial charge is 0.337 e. The van der Waals surface area contributed by atoms with Gasteiger partial charge in [0.05, 0.1) is 29.7 Å². The molecule has 0 amide bonds. The predicted molar refractivity (Wildman–Crippen MR) is 95.5 cm³/mol. The second-order valence-electron chi connectivity index (χ2n) is 5.76. The number of anilines is 3. The maximum atomic E-state index is 13.1. The van der Waals surface area contributed by atoms with Gasteiger partial charge in [0.1, 0.15) is 4.90 Å². The van der Waals surface area contributed by atoms with E-state index < -0.39 is 0 Å². The lowest BCUT2D eigenvalue weighted by Gasteiger charge is -2.19. The first-order valence-corrected chi connectivity index (χ1v) is 9.48. The van der Waals surface area contributed by atoms with Crippen LogP contribution >= 0.6 is 35.7 Å². The van der Waals surface area contributed by atoms with E-state index in [0.29, 0.717) is 16.1 Å². The van der Waals surface area contributed by atoms with Crippen LogP contribution in [0.25, 0.3) is 0 Å². The molecule has 23 heavy (non-hydrogen) atoms. The Balaban J connectivity index is 1.77. The highest BCUT2D eigenvalue weighted by molar-refractivity contribution is 8.00. The molecule has 0 saturated heterocycles. The molecule has 1 aromatic carbocycles. The van der Waals surface area contributed by atoms with Gasteiger partial charge >= 0.3 is 0 Å². The molecule has 120 valence electrons. The summed E-state index contributed by atoms with van der Waals surface area (Å²) >= 11 is 7.68. The summed E-state index contributed by atoms with van der Waals surface area (Å²) in [6.45, 7) is 1.03. The van der Waals surface area contributed by atoms with E-state index in [1.807, 2.05) is 12.1 Å². The van der Waals surface area contributed by atoms with Crippen LogP contribution in [0.2, 0.25) is 5.28 Å². The van der Waals surface area contributed by atoms with Crippen molar-refractivity contribution in [3.63, 3.8) is 0 Å². The number of hydrogen-bond acceptors (Lipinski definition) is 6. The number of nitrogens with zero attached hydrogens (tertiary/aromatic N) is 3. The first kappa shape index (κ1) is 15.4. The zero-order valence-electron chi connectivity index (χ0n) is 12.3. The topological polar surface area (TPSA) is 41.0 Å². The summed E-state index contributed by atoms with van der Waals surface area (Å²) in [5, 5.41) is 3.34. The third-order valence-corrected chi connectivity index (χ3v) is 5.84. The monoisotopic (exact) mass is 368 g/mol. The smallest absolute Gasteiger partial charge is 0.224 e. The van der Waals surface area contributed by atoms with Crippen LogP contribution in [0, 0.1) is 0 Å². The van der Waals surface area contributed by atoms with Crippen molar-refractivity contribution in [3.8, 4) is 0 Å². The standard InChI is InChI=1S/C15H14ClFN4S2/c1-22-21-8-15(5-6-15)9-3-2-4-10(12(9)21)19-13-11(23-17)7-18-14(16)20-13/h2-4,7H,5-6,8H2,1H3,(H,18,19,20). The number of para-hydroxylation sites is 1. The zero-order valence-corrected chi connectivity index (χ0v) is 14.7. The molecule has 0 atom stereocenters. The molecule has 0 radical (unpaired) electrons. The maximum absolute atomic E-state index is 13.1. The Morgan fingerprint density at radius 1 is 1.39 bits per heavy atom. The van der Waals surface area contributed by atoms with Crippen molar-refractivity contribution in [2.45, 2.75) is 23.2 Å². The van der Waals surface area contributed by atoms with Crippen molar-refractivity contribution in [1.82, 2.24) is 9.97 Å². The highest BCUT2D eigenvalue weighted by Crippen LogP contribution is 2.59. The molecular formula is C15H14ClFN4S2. The number of nitrogens with one attached hydrogen (secondary N) is 1. The van der Waals surface area contributed by atoms with Crippen LogP contribution in [0.5, 0.6) is 0 Å². The average molecular weight is 369 g/mol. The first-order valence-electron chi connectivity index (χ1n) is 7.20. The Bertz CT molecular complexity index is 769. The van der Waals surface area contributed by atoms with Gasteiger partial charge in [0, 0.05) is 18.2 Å². The average Bonchev–Trinajstić information content (AvgIpc) is 3.25. The van der Waals surface area contributed by atoms with E-state index in [2.05, 4.69) is 31.9 Å². The third-order valence-electron chi connectivity index (χ3n) is 4.44. The lowest BCUT2D eigenvalue weighted by Crippen LogP contribution is -2.16.